The smallest absolute Gasteiger partial charge is 0.212 e. The third-order valence-electron chi connectivity index (χ3n) is 2.39. The number of hydrogen-bond donors (Lipinski definition) is 2. The zero-order chi connectivity index (χ0) is 12.4. The SMILES string of the molecule is CC(CO)CS(=O)(=O)NC1CCS(=O)(=O)C1. The van der Waals surface area contributed by atoms with E-state index in [2.05, 4.69) is 4.72 Å². The minimum Gasteiger partial charge on any atom is -0.396 e. The van der Waals surface area contributed by atoms with Gasteiger partial charge in [-0.3, -0.25) is 0 Å². The van der Waals surface area contributed by atoms with Gasteiger partial charge < -0.3 is 5.11 Å². The maximum Gasteiger partial charge on any atom is 0.212 e. The van der Waals surface area contributed by atoms with Crippen molar-refractivity contribution in [1.82, 2.24) is 4.72 Å². The summed E-state index contributed by atoms with van der Waals surface area (Å²) in [5, 5.41) is 8.75. The molecule has 0 radical (unpaired) electrons. The first-order valence-corrected chi connectivity index (χ1v) is 8.53. The fraction of sp³-hybridized carbons (Fsp3) is 1.00. The summed E-state index contributed by atoms with van der Waals surface area (Å²) in [5.74, 6) is -0.620. The van der Waals surface area contributed by atoms with Crippen LogP contribution in [-0.2, 0) is 19.9 Å². The van der Waals surface area contributed by atoms with Crippen molar-refractivity contribution in [2.75, 3.05) is 23.9 Å². The predicted molar refractivity (Wildman–Crippen MR) is 60.2 cm³/mol. The molecule has 0 aliphatic carbocycles. The Morgan fingerprint density at radius 3 is 2.56 bits per heavy atom. The molecule has 1 aliphatic rings. The van der Waals surface area contributed by atoms with Crippen molar-refractivity contribution in [2.45, 2.75) is 19.4 Å². The van der Waals surface area contributed by atoms with Gasteiger partial charge in [-0.2, -0.15) is 0 Å². The Bertz CT molecular complexity index is 427. The van der Waals surface area contributed by atoms with Crippen LogP contribution in [0.5, 0.6) is 0 Å². The highest BCUT2D eigenvalue weighted by molar-refractivity contribution is 7.92. The van der Waals surface area contributed by atoms with Gasteiger partial charge in [0.25, 0.3) is 0 Å². The quantitative estimate of drug-likeness (QED) is 0.649. The molecule has 16 heavy (non-hydrogen) atoms. The van der Waals surface area contributed by atoms with Gasteiger partial charge >= 0.3 is 0 Å². The van der Waals surface area contributed by atoms with E-state index in [1.807, 2.05) is 0 Å². The Hall–Kier alpha value is -0.180. The monoisotopic (exact) mass is 271 g/mol. The van der Waals surface area contributed by atoms with Gasteiger partial charge in [0.05, 0.1) is 17.3 Å². The lowest BCUT2D eigenvalue weighted by Crippen LogP contribution is -2.38. The maximum absolute atomic E-state index is 11.5. The third kappa shape index (κ3) is 4.36. The molecule has 1 fully saturated rings. The van der Waals surface area contributed by atoms with Crippen LogP contribution in [0.15, 0.2) is 0 Å². The lowest BCUT2D eigenvalue weighted by Gasteiger charge is -2.13. The Morgan fingerprint density at radius 1 is 1.50 bits per heavy atom. The highest BCUT2D eigenvalue weighted by Crippen LogP contribution is 2.12. The maximum atomic E-state index is 11.5. The fourth-order valence-electron chi connectivity index (χ4n) is 1.62. The zero-order valence-corrected chi connectivity index (χ0v) is 10.7. The lowest BCUT2D eigenvalue weighted by atomic mass is 10.2. The van der Waals surface area contributed by atoms with Crippen LogP contribution in [0.4, 0.5) is 0 Å². The Balaban J connectivity index is 2.55. The van der Waals surface area contributed by atoms with E-state index in [-0.39, 0.29) is 29.8 Å². The van der Waals surface area contributed by atoms with E-state index in [1.165, 1.54) is 0 Å². The second kappa shape index (κ2) is 4.99. The molecule has 1 aliphatic heterocycles. The van der Waals surface area contributed by atoms with E-state index >= 15 is 0 Å². The molecule has 2 unspecified atom stereocenters. The van der Waals surface area contributed by atoms with Gasteiger partial charge in [-0.1, -0.05) is 6.92 Å². The van der Waals surface area contributed by atoms with E-state index < -0.39 is 25.9 Å². The van der Waals surface area contributed by atoms with Gasteiger partial charge in [0.15, 0.2) is 9.84 Å². The van der Waals surface area contributed by atoms with Gasteiger partial charge in [0.2, 0.25) is 10.0 Å². The molecule has 2 atom stereocenters. The van der Waals surface area contributed by atoms with Crippen molar-refractivity contribution in [3.05, 3.63) is 0 Å². The topological polar surface area (TPSA) is 101 Å². The number of aliphatic hydroxyl groups is 1. The molecule has 0 bridgehead atoms. The molecular formula is C8H17NO5S2. The van der Waals surface area contributed by atoms with Crippen LogP contribution < -0.4 is 4.72 Å². The molecule has 0 saturated carbocycles. The molecule has 0 aromatic heterocycles. The van der Waals surface area contributed by atoms with Crippen LogP contribution in [0, 0.1) is 5.92 Å². The number of hydrogen-bond acceptors (Lipinski definition) is 5. The molecule has 6 nitrogen and oxygen atoms in total. The first-order chi connectivity index (χ1) is 7.24. The zero-order valence-electron chi connectivity index (χ0n) is 9.09. The van der Waals surface area contributed by atoms with Crippen molar-refractivity contribution in [1.29, 1.82) is 0 Å². The van der Waals surface area contributed by atoms with Crippen molar-refractivity contribution < 1.29 is 21.9 Å². The van der Waals surface area contributed by atoms with Gasteiger partial charge in [0, 0.05) is 12.6 Å². The molecule has 1 saturated heterocycles. The summed E-state index contributed by atoms with van der Waals surface area (Å²) in [6.07, 6.45) is 0.328. The number of aliphatic hydroxyl groups excluding tert-OH is 1. The molecule has 96 valence electrons. The summed E-state index contributed by atoms with van der Waals surface area (Å²) < 4.78 is 47.7. The largest absolute Gasteiger partial charge is 0.396 e. The molecule has 0 spiro atoms. The summed E-state index contributed by atoms with van der Waals surface area (Å²) in [7, 11) is -6.58. The van der Waals surface area contributed by atoms with Crippen LogP contribution >= 0.6 is 0 Å². The predicted octanol–water partition coefficient (Wildman–Crippen LogP) is -1.28. The average molecular weight is 271 g/mol. The van der Waals surface area contributed by atoms with Gasteiger partial charge in [-0.15, -0.1) is 0 Å². The van der Waals surface area contributed by atoms with E-state index in [4.69, 9.17) is 5.11 Å². The summed E-state index contributed by atoms with van der Waals surface area (Å²) >= 11 is 0. The van der Waals surface area contributed by atoms with E-state index in [1.54, 1.807) is 6.92 Å². The van der Waals surface area contributed by atoms with Crippen LogP contribution in [0.1, 0.15) is 13.3 Å². The van der Waals surface area contributed by atoms with Crippen molar-refractivity contribution >= 4 is 19.9 Å². The third-order valence-corrected chi connectivity index (χ3v) is 5.86. The number of sulfone groups is 1. The average Bonchev–Trinajstić information content (AvgIpc) is 2.43. The van der Waals surface area contributed by atoms with Gasteiger partial charge in [0.1, 0.15) is 0 Å². The Morgan fingerprint density at radius 2 is 2.12 bits per heavy atom. The number of sulfonamides is 1. The second-order valence-corrected chi connectivity index (χ2v) is 8.31. The highest BCUT2D eigenvalue weighted by atomic mass is 32.2. The molecule has 0 aromatic rings. The molecular weight excluding hydrogens is 254 g/mol. The summed E-state index contributed by atoms with van der Waals surface area (Å²) in [6.45, 7) is 1.41. The minimum absolute atomic E-state index is 0.0374. The van der Waals surface area contributed by atoms with Crippen molar-refractivity contribution in [3.63, 3.8) is 0 Å². The van der Waals surface area contributed by atoms with E-state index in [0.717, 1.165) is 0 Å². The van der Waals surface area contributed by atoms with Crippen molar-refractivity contribution in [3.8, 4) is 0 Å². The molecule has 2 N–H and O–H groups in total. The van der Waals surface area contributed by atoms with E-state index in [9.17, 15) is 16.8 Å². The van der Waals surface area contributed by atoms with Crippen LogP contribution in [-0.4, -0.2) is 51.8 Å². The first kappa shape index (κ1) is 13.9. The van der Waals surface area contributed by atoms with E-state index in [0.29, 0.717) is 6.42 Å². The fourth-order valence-corrected chi connectivity index (χ4v) is 5.06. The first-order valence-electron chi connectivity index (χ1n) is 5.05. The van der Waals surface area contributed by atoms with Crippen LogP contribution in [0.2, 0.25) is 0 Å². The molecule has 1 rings (SSSR count). The minimum atomic E-state index is -3.50. The molecule has 8 heteroatoms. The summed E-state index contributed by atoms with van der Waals surface area (Å²) in [4.78, 5) is 0. The van der Waals surface area contributed by atoms with Gasteiger partial charge in [-0.25, -0.2) is 21.6 Å². The normalized spacial score (nSPS) is 26.8. The summed E-state index contributed by atoms with van der Waals surface area (Å²) in [6, 6.07) is -0.513. The second-order valence-electron chi connectivity index (χ2n) is 4.29. The Kier molecular flexibility index (Phi) is 4.33. The van der Waals surface area contributed by atoms with Crippen LogP contribution in [0.25, 0.3) is 0 Å². The standard InChI is InChI=1S/C8H17NO5S2/c1-7(4-10)5-16(13,14)9-8-2-3-15(11,12)6-8/h7-10H,2-6H2,1H3. The van der Waals surface area contributed by atoms with Crippen molar-refractivity contribution in [2.24, 2.45) is 5.92 Å². The molecule has 0 amide bonds. The molecule has 1 heterocycles. The highest BCUT2D eigenvalue weighted by Gasteiger charge is 2.31. The Labute approximate surface area is 96.0 Å². The lowest BCUT2D eigenvalue weighted by molar-refractivity contribution is 0.249. The number of nitrogens with one attached hydrogen (secondary N) is 1. The van der Waals surface area contributed by atoms with Crippen LogP contribution in [0.3, 0.4) is 0 Å². The number of rotatable bonds is 5. The summed E-state index contributed by atoms with van der Waals surface area (Å²) in [5.41, 5.74) is 0. The molecule has 0 aromatic carbocycles. The van der Waals surface area contributed by atoms with Gasteiger partial charge in [-0.05, 0) is 12.3 Å².